The Morgan fingerprint density at radius 1 is 1.41 bits per heavy atom. The van der Waals surface area contributed by atoms with Crippen LogP contribution in [-0.2, 0) is 21.2 Å². The largest absolute Gasteiger partial charge is 0.381 e. The van der Waals surface area contributed by atoms with E-state index in [-0.39, 0.29) is 4.90 Å². The van der Waals surface area contributed by atoms with Crippen molar-refractivity contribution in [3.63, 3.8) is 0 Å². The molecule has 0 aliphatic carbocycles. The third kappa shape index (κ3) is 4.19. The van der Waals surface area contributed by atoms with Crippen LogP contribution in [0.1, 0.15) is 17.4 Å². The van der Waals surface area contributed by atoms with Gasteiger partial charge in [0.2, 0.25) is 0 Å². The number of nitrogens with zero attached hydrogens (tertiary/aromatic N) is 1. The lowest BCUT2D eigenvalue weighted by Crippen LogP contribution is -2.14. The van der Waals surface area contributed by atoms with E-state index in [0.29, 0.717) is 35.4 Å². The van der Waals surface area contributed by atoms with E-state index in [1.165, 1.54) is 17.4 Å². The zero-order chi connectivity index (χ0) is 16.2. The highest BCUT2D eigenvalue weighted by molar-refractivity contribution is 7.93. The molecular weight excluding hydrogens is 344 g/mol. The Morgan fingerprint density at radius 2 is 2.18 bits per heavy atom. The van der Waals surface area contributed by atoms with Crippen LogP contribution in [0.2, 0.25) is 5.02 Å². The molecule has 1 N–H and O–H groups in total. The van der Waals surface area contributed by atoms with Gasteiger partial charge in [-0.15, -0.1) is 11.3 Å². The molecule has 5 nitrogen and oxygen atoms in total. The van der Waals surface area contributed by atoms with Gasteiger partial charge >= 0.3 is 0 Å². The van der Waals surface area contributed by atoms with E-state index in [2.05, 4.69) is 9.71 Å². The Labute approximate surface area is 139 Å². The van der Waals surface area contributed by atoms with Gasteiger partial charge in [0.05, 0.1) is 11.5 Å². The van der Waals surface area contributed by atoms with Gasteiger partial charge in [0, 0.05) is 29.1 Å². The Kier molecular flexibility index (Phi) is 5.80. The topological polar surface area (TPSA) is 68.3 Å². The average Bonchev–Trinajstić information content (AvgIpc) is 2.88. The summed E-state index contributed by atoms with van der Waals surface area (Å²) in [6.45, 7) is 4.86. The third-order valence-corrected chi connectivity index (χ3v) is 5.97. The van der Waals surface area contributed by atoms with Gasteiger partial charge in [-0.3, -0.25) is 4.72 Å². The molecule has 0 saturated heterocycles. The number of rotatable bonds is 7. The Bertz CT molecular complexity index is 744. The molecule has 1 aromatic carbocycles. The van der Waals surface area contributed by atoms with Crippen molar-refractivity contribution in [2.24, 2.45) is 0 Å². The van der Waals surface area contributed by atoms with Crippen LogP contribution >= 0.6 is 22.9 Å². The van der Waals surface area contributed by atoms with Gasteiger partial charge in [-0.2, -0.15) is 0 Å². The molecule has 0 unspecified atom stereocenters. The molecule has 0 aliphatic heterocycles. The molecule has 22 heavy (non-hydrogen) atoms. The third-order valence-electron chi connectivity index (χ3n) is 2.98. The first-order valence-electron chi connectivity index (χ1n) is 6.74. The lowest BCUT2D eigenvalue weighted by molar-refractivity contribution is 0.151. The van der Waals surface area contributed by atoms with Crippen LogP contribution in [-0.4, -0.2) is 26.6 Å². The number of hydrogen-bond acceptors (Lipinski definition) is 5. The van der Waals surface area contributed by atoms with Crippen LogP contribution in [0.25, 0.3) is 0 Å². The van der Waals surface area contributed by atoms with E-state index < -0.39 is 10.0 Å². The normalized spacial score (nSPS) is 11.6. The highest BCUT2D eigenvalue weighted by atomic mass is 35.5. The summed E-state index contributed by atoms with van der Waals surface area (Å²) in [5.74, 6) is 0. The van der Waals surface area contributed by atoms with Crippen LogP contribution in [0.15, 0.2) is 29.3 Å². The van der Waals surface area contributed by atoms with E-state index in [0.717, 1.165) is 4.88 Å². The van der Waals surface area contributed by atoms with Crippen LogP contribution < -0.4 is 4.72 Å². The first-order chi connectivity index (χ1) is 10.4. The fourth-order valence-electron chi connectivity index (χ4n) is 1.84. The molecule has 0 spiro atoms. The minimum Gasteiger partial charge on any atom is -0.381 e. The molecular formula is C14H17ClN2O3S2. The van der Waals surface area contributed by atoms with Crippen molar-refractivity contribution in [1.82, 2.24) is 4.98 Å². The summed E-state index contributed by atoms with van der Waals surface area (Å²) >= 11 is 7.28. The second-order valence-corrected chi connectivity index (χ2v) is 7.72. The fraction of sp³-hybridized carbons (Fsp3) is 0.357. The molecule has 0 radical (unpaired) electrons. The summed E-state index contributed by atoms with van der Waals surface area (Å²) in [6, 6.07) is 4.79. The van der Waals surface area contributed by atoms with Crippen LogP contribution in [0.5, 0.6) is 0 Å². The SMILES string of the molecule is CCOCCc1cnc(NS(=O)(=O)c2cccc(Cl)c2C)s1. The maximum absolute atomic E-state index is 12.4. The molecule has 0 atom stereocenters. The summed E-state index contributed by atoms with van der Waals surface area (Å²) in [5.41, 5.74) is 0.518. The van der Waals surface area contributed by atoms with Gasteiger partial charge in [0.15, 0.2) is 5.13 Å². The number of ether oxygens (including phenoxy) is 1. The lowest BCUT2D eigenvalue weighted by atomic mass is 10.2. The highest BCUT2D eigenvalue weighted by Gasteiger charge is 2.19. The van der Waals surface area contributed by atoms with Gasteiger partial charge in [-0.1, -0.05) is 17.7 Å². The van der Waals surface area contributed by atoms with E-state index >= 15 is 0 Å². The summed E-state index contributed by atoms with van der Waals surface area (Å²) in [6.07, 6.45) is 2.37. The van der Waals surface area contributed by atoms with Gasteiger partial charge in [-0.25, -0.2) is 13.4 Å². The number of thiazole rings is 1. The van der Waals surface area contributed by atoms with Crippen LogP contribution in [0.4, 0.5) is 5.13 Å². The molecule has 8 heteroatoms. The van der Waals surface area contributed by atoms with Gasteiger partial charge < -0.3 is 4.74 Å². The van der Waals surface area contributed by atoms with Crippen molar-refractivity contribution in [3.8, 4) is 0 Å². The molecule has 0 saturated carbocycles. The van der Waals surface area contributed by atoms with E-state index in [1.54, 1.807) is 25.3 Å². The second kappa shape index (κ2) is 7.41. The van der Waals surface area contributed by atoms with E-state index in [4.69, 9.17) is 16.3 Å². The summed E-state index contributed by atoms with van der Waals surface area (Å²) in [7, 11) is -3.70. The monoisotopic (exact) mass is 360 g/mol. The fourth-order valence-corrected chi connectivity index (χ4v) is 4.37. The van der Waals surface area contributed by atoms with Gasteiger partial charge in [0.1, 0.15) is 0 Å². The molecule has 0 aliphatic rings. The number of hydrogen-bond donors (Lipinski definition) is 1. The molecule has 0 amide bonds. The Hall–Kier alpha value is -1.15. The van der Waals surface area contributed by atoms with Gasteiger partial charge in [-0.05, 0) is 31.5 Å². The predicted octanol–water partition coefficient (Wildman–Crippen LogP) is 3.48. The predicted molar refractivity (Wildman–Crippen MR) is 89.3 cm³/mol. The first kappa shape index (κ1) is 17.2. The summed E-state index contributed by atoms with van der Waals surface area (Å²) in [5, 5.41) is 0.755. The molecule has 0 bridgehead atoms. The van der Waals surface area contributed by atoms with E-state index in [9.17, 15) is 8.42 Å². The highest BCUT2D eigenvalue weighted by Crippen LogP contribution is 2.26. The van der Waals surface area contributed by atoms with Crippen molar-refractivity contribution in [2.45, 2.75) is 25.2 Å². The van der Waals surface area contributed by atoms with Crippen molar-refractivity contribution < 1.29 is 13.2 Å². The standard InChI is InChI=1S/C14H17ClN2O3S2/c1-3-20-8-7-11-9-16-14(21-11)17-22(18,19)13-6-4-5-12(15)10(13)2/h4-6,9H,3,7-8H2,1-2H3,(H,16,17). The van der Waals surface area contributed by atoms with Crippen molar-refractivity contribution in [2.75, 3.05) is 17.9 Å². The zero-order valence-corrected chi connectivity index (χ0v) is 14.7. The molecule has 1 aromatic heterocycles. The average molecular weight is 361 g/mol. The second-order valence-electron chi connectivity index (χ2n) is 4.55. The maximum atomic E-state index is 12.4. The Balaban J connectivity index is 2.14. The minimum absolute atomic E-state index is 0.158. The molecule has 1 heterocycles. The van der Waals surface area contributed by atoms with Crippen LogP contribution in [0.3, 0.4) is 0 Å². The molecule has 120 valence electrons. The quantitative estimate of drug-likeness (QED) is 0.767. The number of halogens is 1. The smallest absolute Gasteiger partial charge is 0.263 e. The van der Waals surface area contributed by atoms with Gasteiger partial charge in [0.25, 0.3) is 10.0 Å². The molecule has 0 fully saturated rings. The number of sulfonamides is 1. The number of benzene rings is 1. The van der Waals surface area contributed by atoms with Crippen molar-refractivity contribution >= 4 is 38.1 Å². The number of anilines is 1. The molecule has 2 aromatic rings. The van der Waals surface area contributed by atoms with Crippen molar-refractivity contribution in [1.29, 1.82) is 0 Å². The minimum atomic E-state index is -3.70. The van der Waals surface area contributed by atoms with Crippen molar-refractivity contribution in [3.05, 3.63) is 39.9 Å². The maximum Gasteiger partial charge on any atom is 0.263 e. The number of nitrogens with one attached hydrogen (secondary N) is 1. The zero-order valence-electron chi connectivity index (χ0n) is 12.3. The lowest BCUT2D eigenvalue weighted by Gasteiger charge is -2.09. The Morgan fingerprint density at radius 3 is 2.91 bits per heavy atom. The summed E-state index contributed by atoms with van der Waals surface area (Å²) < 4.78 is 32.6. The molecule has 2 rings (SSSR count). The number of aromatic nitrogens is 1. The first-order valence-corrected chi connectivity index (χ1v) is 9.42. The van der Waals surface area contributed by atoms with E-state index in [1.807, 2.05) is 6.92 Å². The summed E-state index contributed by atoms with van der Waals surface area (Å²) in [4.78, 5) is 5.22. The van der Waals surface area contributed by atoms with Crippen LogP contribution in [0, 0.1) is 6.92 Å².